The number of hydrogen-bond acceptors (Lipinski definition) is 2. The fourth-order valence-corrected chi connectivity index (χ4v) is 3.15. The van der Waals surface area contributed by atoms with E-state index in [0.29, 0.717) is 0 Å². The lowest BCUT2D eigenvalue weighted by Crippen LogP contribution is -3.13. The van der Waals surface area contributed by atoms with E-state index in [-0.39, 0.29) is 5.82 Å². The van der Waals surface area contributed by atoms with Crippen molar-refractivity contribution in [3.8, 4) is 0 Å². The van der Waals surface area contributed by atoms with Crippen LogP contribution in [0.5, 0.6) is 0 Å². The van der Waals surface area contributed by atoms with Crippen molar-refractivity contribution >= 4 is 6.21 Å². The highest BCUT2D eigenvalue weighted by Gasteiger charge is 2.19. The summed E-state index contributed by atoms with van der Waals surface area (Å²) in [5.41, 5.74) is 4.95. The molecule has 0 bridgehead atoms. The summed E-state index contributed by atoms with van der Waals surface area (Å²) in [5, 5.41) is 6.57. The van der Waals surface area contributed by atoms with Gasteiger partial charge >= 0.3 is 0 Å². The molecule has 1 aliphatic rings. The summed E-state index contributed by atoms with van der Waals surface area (Å²) < 4.78 is 13.2. The predicted molar refractivity (Wildman–Crippen MR) is 95.9 cm³/mol. The maximum absolute atomic E-state index is 13.2. The fraction of sp³-hybridized carbons (Fsp3) is 0.350. The number of hydrogen-bond donors (Lipinski definition) is 1. The Morgan fingerprint density at radius 1 is 1.12 bits per heavy atom. The largest absolute Gasteiger partial charge is 0.328 e. The van der Waals surface area contributed by atoms with Crippen LogP contribution in [-0.4, -0.2) is 37.4 Å². The Bertz CT molecular complexity index is 719. The van der Waals surface area contributed by atoms with E-state index in [1.54, 1.807) is 17.2 Å². The number of piperazine rings is 1. The molecular weight excluding hydrogens is 301 g/mol. The molecular formula is C20H25FN3+. The zero-order valence-electron chi connectivity index (χ0n) is 14.4. The number of benzene rings is 2. The molecule has 1 N–H and O–H groups in total. The van der Waals surface area contributed by atoms with Gasteiger partial charge in [-0.05, 0) is 37.1 Å². The van der Waals surface area contributed by atoms with Gasteiger partial charge in [0, 0.05) is 5.56 Å². The minimum Gasteiger partial charge on any atom is -0.328 e. The van der Waals surface area contributed by atoms with E-state index in [0.717, 1.165) is 38.3 Å². The number of hydrazone groups is 1. The molecule has 3 rings (SSSR count). The van der Waals surface area contributed by atoms with E-state index < -0.39 is 0 Å². The van der Waals surface area contributed by atoms with Gasteiger partial charge in [-0.2, -0.15) is 5.10 Å². The van der Waals surface area contributed by atoms with Crippen molar-refractivity contribution in [3.05, 3.63) is 70.5 Å². The Hall–Kier alpha value is -2.20. The van der Waals surface area contributed by atoms with E-state index in [9.17, 15) is 4.39 Å². The maximum atomic E-state index is 13.2. The predicted octanol–water partition coefficient (Wildman–Crippen LogP) is 2.18. The summed E-state index contributed by atoms with van der Waals surface area (Å²) in [7, 11) is 0. The molecule has 24 heavy (non-hydrogen) atoms. The van der Waals surface area contributed by atoms with Crippen molar-refractivity contribution in [2.24, 2.45) is 5.10 Å². The summed E-state index contributed by atoms with van der Waals surface area (Å²) in [4.78, 5) is 1.60. The lowest BCUT2D eigenvalue weighted by molar-refractivity contribution is -0.918. The molecule has 2 aromatic rings. The molecule has 2 aromatic carbocycles. The normalized spacial score (nSPS) is 16.0. The van der Waals surface area contributed by atoms with E-state index in [2.05, 4.69) is 42.2 Å². The minimum absolute atomic E-state index is 0.221. The number of rotatable bonds is 4. The van der Waals surface area contributed by atoms with Crippen LogP contribution in [-0.2, 0) is 6.54 Å². The van der Waals surface area contributed by atoms with Gasteiger partial charge in [-0.15, -0.1) is 0 Å². The highest BCUT2D eigenvalue weighted by molar-refractivity contribution is 5.79. The lowest BCUT2D eigenvalue weighted by Gasteiger charge is -2.30. The average Bonchev–Trinajstić information content (AvgIpc) is 2.57. The van der Waals surface area contributed by atoms with Gasteiger partial charge in [-0.25, -0.2) is 4.39 Å². The van der Waals surface area contributed by atoms with Gasteiger partial charge in [0.2, 0.25) is 0 Å². The standard InChI is InChI=1S/C20H24FN3/c1-16-6-7-19(17(2)12-16)15-23-8-10-24(11-9-23)22-14-18-4-3-5-20(21)13-18/h3-7,12-14H,8-11,15H2,1-2H3/p+1/b22-14+. The van der Waals surface area contributed by atoms with Crippen LogP contribution >= 0.6 is 0 Å². The van der Waals surface area contributed by atoms with Crippen molar-refractivity contribution in [1.82, 2.24) is 5.01 Å². The molecule has 0 unspecified atom stereocenters. The molecule has 3 nitrogen and oxygen atoms in total. The fourth-order valence-electron chi connectivity index (χ4n) is 3.15. The molecule has 0 saturated carbocycles. The number of quaternary nitrogens is 1. The van der Waals surface area contributed by atoms with E-state index >= 15 is 0 Å². The first-order valence-corrected chi connectivity index (χ1v) is 8.54. The Morgan fingerprint density at radius 3 is 2.62 bits per heavy atom. The number of halogens is 1. The van der Waals surface area contributed by atoms with E-state index in [1.165, 1.54) is 28.8 Å². The van der Waals surface area contributed by atoms with Gasteiger partial charge in [0.05, 0.1) is 32.4 Å². The first-order chi connectivity index (χ1) is 11.6. The SMILES string of the molecule is Cc1ccc(C[NH+]2CCN(/N=C/c3cccc(F)c3)CC2)c(C)c1. The summed E-state index contributed by atoms with van der Waals surface area (Å²) >= 11 is 0. The van der Waals surface area contributed by atoms with E-state index in [4.69, 9.17) is 0 Å². The molecule has 0 aromatic heterocycles. The van der Waals surface area contributed by atoms with Crippen molar-refractivity contribution in [1.29, 1.82) is 0 Å². The van der Waals surface area contributed by atoms with Crippen LogP contribution in [0.2, 0.25) is 0 Å². The Morgan fingerprint density at radius 2 is 1.92 bits per heavy atom. The Balaban J connectivity index is 1.52. The third-order valence-electron chi connectivity index (χ3n) is 4.60. The summed E-state index contributed by atoms with van der Waals surface area (Å²) in [5.74, 6) is -0.221. The first kappa shape index (κ1) is 16.7. The highest BCUT2D eigenvalue weighted by Crippen LogP contribution is 2.09. The van der Waals surface area contributed by atoms with Crippen molar-refractivity contribution < 1.29 is 9.29 Å². The molecule has 1 heterocycles. The molecule has 4 heteroatoms. The van der Waals surface area contributed by atoms with Gasteiger partial charge in [-0.1, -0.05) is 35.9 Å². The van der Waals surface area contributed by atoms with Crippen molar-refractivity contribution in [3.63, 3.8) is 0 Å². The number of nitrogens with zero attached hydrogens (tertiary/aromatic N) is 2. The van der Waals surface area contributed by atoms with Gasteiger partial charge in [0.15, 0.2) is 0 Å². The molecule has 0 amide bonds. The van der Waals surface area contributed by atoms with Gasteiger partial charge in [0.1, 0.15) is 12.4 Å². The third kappa shape index (κ3) is 4.42. The maximum Gasteiger partial charge on any atom is 0.123 e. The molecule has 0 aliphatic carbocycles. The Kier molecular flexibility index (Phi) is 5.26. The second kappa shape index (κ2) is 7.58. The smallest absolute Gasteiger partial charge is 0.123 e. The van der Waals surface area contributed by atoms with Gasteiger partial charge in [0.25, 0.3) is 0 Å². The highest BCUT2D eigenvalue weighted by atomic mass is 19.1. The molecule has 0 radical (unpaired) electrons. The van der Waals surface area contributed by atoms with Crippen LogP contribution in [0.25, 0.3) is 0 Å². The van der Waals surface area contributed by atoms with Crippen molar-refractivity contribution in [2.75, 3.05) is 26.2 Å². The molecule has 126 valence electrons. The molecule has 0 spiro atoms. The molecule has 0 atom stereocenters. The molecule has 1 saturated heterocycles. The second-order valence-electron chi connectivity index (χ2n) is 6.61. The second-order valence-corrected chi connectivity index (χ2v) is 6.61. The quantitative estimate of drug-likeness (QED) is 0.854. The zero-order chi connectivity index (χ0) is 16.9. The Labute approximate surface area is 143 Å². The average molecular weight is 326 g/mol. The summed E-state index contributed by atoms with van der Waals surface area (Å²) in [6, 6.07) is 13.2. The monoisotopic (exact) mass is 326 g/mol. The first-order valence-electron chi connectivity index (χ1n) is 8.54. The van der Waals surface area contributed by atoms with Crippen LogP contribution in [0.4, 0.5) is 4.39 Å². The molecule has 1 fully saturated rings. The summed E-state index contributed by atoms with van der Waals surface area (Å²) in [6.45, 7) is 9.44. The van der Waals surface area contributed by atoms with E-state index in [1.807, 2.05) is 6.07 Å². The van der Waals surface area contributed by atoms with Crippen molar-refractivity contribution in [2.45, 2.75) is 20.4 Å². The summed E-state index contributed by atoms with van der Waals surface area (Å²) in [6.07, 6.45) is 1.75. The lowest BCUT2D eigenvalue weighted by atomic mass is 10.1. The third-order valence-corrected chi connectivity index (χ3v) is 4.60. The number of aryl methyl sites for hydroxylation is 2. The van der Waals surface area contributed by atoms with Crippen LogP contribution in [0.15, 0.2) is 47.6 Å². The van der Waals surface area contributed by atoms with Crippen LogP contribution in [0.1, 0.15) is 22.3 Å². The van der Waals surface area contributed by atoms with Crippen LogP contribution < -0.4 is 4.90 Å². The topological polar surface area (TPSA) is 20.0 Å². The van der Waals surface area contributed by atoms with Gasteiger partial charge < -0.3 is 4.90 Å². The van der Waals surface area contributed by atoms with Gasteiger partial charge in [-0.3, -0.25) is 5.01 Å². The molecule has 1 aliphatic heterocycles. The van der Waals surface area contributed by atoms with Crippen LogP contribution in [0, 0.1) is 19.7 Å². The minimum atomic E-state index is -0.221. The number of nitrogens with one attached hydrogen (secondary N) is 1. The van der Waals surface area contributed by atoms with Crippen LogP contribution in [0.3, 0.4) is 0 Å². The zero-order valence-corrected chi connectivity index (χ0v) is 14.4.